The monoisotopic (exact) mass is 271 g/mol. The highest BCUT2D eigenvalue weighted by Gasteiger charge is 2.12. The second kappa shape index (κ2) is 4.88. The van der Waals surface area contributed by atoms with E-state index in [0.29, 0.717) is 17.6 Å². The summed E-state index contributed by atoms with van der Waals surface area (Å²) in [5, 5.41) is 8.26. The molecule has 0 amide bonds. The molecule has 20 heavy (non-hydrogen) atoms. The van der Waals surface area contributed by atoms with Gasteiger partial charge in [-0.25, -0.2) is 14.1 Å². The lowest BCUT2D eigenvalue weighted by Gasteiger charge is -2.10. The van der Waals surface area contributed by atoms with E-state index in [-0.39, 0.29) is 5.82 Å². The molecule has 0 saturated carbocycles. The molecule has 0 radical (unpaired) electrons. The first kappa shape index (κ1) is 12.5. The van der Waals surface area contributed by atoms with Gasteiger partial charge in [-0.1, -0.05) is 23.4 Å². The number of benzene rings is 1. The minimum Gasteiger partial charge on any atom is -0.361 e. The van der Waals surface area contributed by atoms with Crippen molar-refractivity contribution < 1.29 is 4.39 Å². The van der Waals surface area contributed by atoms with Crippen molar-refractivity contribution in [2.75, 3.05) is 19.0 Å². The number of fused-ring (bicyclic) bond motifs is 1. The van der Waals surface area contributed by atoms with Gasteiger partial charge in [0.05, 0.1) is 12.1 Å². The van der Waals surface area contributed by atoms with Crippen LogP contribution in [0, 0.1) is 5.82 Å². The van der Waals surface area contributed by atoms with Crippen LogP contribution in [0.1, 0.15) is 5.56 Å². The highest BCUT2D eigenvalue weighted by Crippen LogP contribution is 2.21. The zero-order valence-corrected chi connectivity index (χ0v) is 11.3. The van der Waals surface area contributed by atoms with Gasteiger partial charge in [-0.15, -0.1) is 5.10 Å². The first-order valence-corrected chi connectivity index (χ1v) is 6.26. The number of aromatic nitrogens is 4. The zero-order chi connectivity index (χ0) is 14.1. The minimum absolute atomic E-state index is 0.238. The number of rotatable bonds is 3. The Bertz CT molecular complexity index is 750. The lowest BCUT2D eigenvalue weighted by molar-refractivity contribution is 0.583. The maximum absolute atomic E-state index is 13.7. The highest BCUT2D eigenvalue weighted by atomic mass is 19.1. The molecule has 1 aromatic carbocycles. The maximum atomic E-state index is 13.7. The van der Waals surface area contributed by atoms with Crippen molar-refractivity contribution in [1.82, 2.24) is 20.0 Å². The second-order valence-electron chi connectivity index (χ2n) is 4.74. The fourth-order valence-electron chi connectivity index (χ4n) is 2.12. The third kappa shape index (κ3) is 2.09. The van der Waals surface area contributed by atoms with Crippen LogP contribution < -0.4 is 4.90 Å². The van der Waals surface area contributed by atoms with E-state index < -0.39 is 0 Å². The van der Waals surface area contributed by atoms with Crippen LogP contribution >= 0.6 is 0 Å². The summed E-state index contributed by atoms with van der Waals surface area (Å²) in [6, 6.07) is 8.51. The Labute approximate surface area is 115 Å². The van der Waals surface area contributed by atoms with Gasteiger partial charge in [0.2, 0.25) is 0 Å². The van der Waals surface area contributed by atoms with Crippen LogP contribution in [0.4, 0.5) is 10.2 Å². The van der Waals surface area contributed by atoms with Crippen molar-refractivity contribution in [3.05, 3.63) is 47.9 Å². The quantitative estimate of drug-likeness (QED) is 0.731. The van der Waals surface area contributed by atoms with Crippen molar-refractivity contribution >= 4 is 16.9 Å². The predicted octanol–water partition coefficient (Wildman–Crippen LogP) is 2.08. The molecule has 3 aromatic rings. The molecule has 2 aromatic heterocycles. The summed E-state index contributed by atoms with van der Waals surface area (Å²) in [6.07, 6.45) is 1.71. The molecule has 102 valence electrons. The maximum Gasteiger partial charge on any atom is 0.158 e. The lowest BCUT2D eigenvalue weighted by atomic mass is 10.2. The second-order valence-corrected chi connectivity index (χ2v) is 4.74. The van der Waals surface area contributed by atoms with E-state index in [1.165, 1.54) is 6.07 Å². The van der Waals surface area contributed by atoms with E-state index in [2.05, 4.69) is 15.3 Å². The topological polar surface area (TPSA) is 46.8 Å². The first-order chi connectivity index (χ1) is 9.66. The van der Waals surface area contributed by atoms with Crippen molar-refractivity contribution in [2.24, 2.45) is 0 Å². The normalized spacial score (nSPS) is 10.9. The van der Waals surface area contributed by atoms with Gasteiger partial charge in [-0.2, -0.15) is 0 Å². The van der Waals surface area contributed by atoms with Gasteiger partial charge in [-0.3, -0.25) is 0 Å². The Hall–Kier alpha value is -2.50. The summed E-state index contributed by atoms with van der Waals surface area (Å²) in [6.45, 7) is 0.347. The fraction of sp³-hybridized carbons (Fsp3) is 0.214. The zero-order valence-electron chi connectivity index (χ0n) is 11.3. The van der Waals surface area contributed by atoms with Crippen LogP contribution in [0.2, 0.25) is 0 Å². The molecule has 0 unspecified atom stereocenters. The van der Waals surface area contributed by atoms with Crippen molar-refractivity contribution in [1.29, 1.82) is 0 Å². The summed E-state index contributed by atoms with van der Waals surface area (Å²) in [5.41, 5.74) is 2.14. The molecule has 5 nitrogen and oxygen atoms in total. The van der Waals surface area contributed by atoms with Crippen molar-refractivity contribution in [3.8, 4) is 0 Å². The smallest absolute Gasteiger partial charge is 0.158 e. The SMILES string of the molecule is CN(C)c1nccc2c1nnn2Cc1ccccc1F. The van der Waals surface area contributed by atoms with E-state index in [9.17, 15) is 4.39 Å². The van der Waals surface area contributed by atoms with Crippen LogP contribution in [0.5, 0.6) is 0 Å². The van der Waals surface area contributed by atoms with Gasteiger partial charge in [-0.05, 0) is 12.1 Å². The summed E-state index contributed by atoms with van der Waals surface area (Å²) >= 11 is 0. The highest BCUT2D eigenvalue weighted by molar-refractivity contribution is 5.85. The average molecular weight is 271 g/mol. The molecule has 0 aliphatic carbocycles. The van der Waals surface area contributed by atoms with Gasteiger partial charge in [0.15, 0.2) is 11.3 Å². The molecular weight excluding hydrogens is 257 g/mol. The first-order valence-electron chi connectivity index (χ1n) is 6.26. The fourth-order valence-corrected chi connectivity index (χ4v) is 2.12. The Kier molecular flexibility index (Phi) is 3.06. The summed E-state index contributed by atoms with van der Waals surface area (Å²) in [7, 11) is 3.80. The molecule has 2 heterocycles. The minimum atomic E-state index is -0.238. The number of nitrogens with zero attached hydrogens (tertiary/aromatic N) is 5. The van der Waals surface area contributed by atoms with Gasteiger partial charge in [0, 0.05) is 25.9 Å². The Morgan fingerprint density at radius 2 is 2.00 bits per heavy atom. The van der Waals surface area contributed by atoms with Crippen LogP contribution in [-0.4, -0.2) is 34.1 Å². The predicted molar refractivity (Wildman–Crippen MR) is 75.2 cm³/mol. The average Bonchev–Trinajstić information content (AvgIpc) is 2.84. The van der Waals surface area contributed by atoms with Gasteiger partial charge < -0.3 is 4.90 Å². The molecule has 0 aliphatic rings. The molecule has 0 N–H and O–H groups in total. The summed E-state index contributed by atoms with van der Waals surface area (Å²) < 4.78 is 15.4. The molecule has 0 bridgehead atoms. The van der Waals surface area contributed by atoms with E-state index in [1.54, 1.807) is 23.0 Å². The molecule has 0 spiro atoms. The van der Waals surface area contributed by atoms with Crippen LogP contribution in [-0.2, 0) is 6.54 Å². The molecular formula is C14H14FN5. The molecule has 6 heteroatoms. The molecule has 0 saturated heterocycles. The number of pyridine rings is 1. The van der Waals surface area contributed by atoms with Crippen molar-refractivity contribution in [2.45, 2.75) is 6.54 Å². The standard InChI is InChI=1S/C14H14FN5/c1-19(2)14-13-12(7-8-16-14)20(18-17-13)9-10-5-3-4-6-11(10)15/h3-8H,9H2,1-2H3. The van der Waals surface area contributed by atoms with Crippen LogP contribution in [0.3, 0.4) is 0 Å². The number of anilines is 1. The van der Waals surface area contributed by atoms with E-state index in [1.807, 2.05) is 31.1 Å². The molecule has 3 rings (SSSR count). The Balaban J connectivity index is 2.06. The van der Waals surface area contributed by atoms with Gasteiger partial charge in [0.25, 0.3) is 0 Å². The largest absolute Gasteiger partial charge is 0.361 e. The summed E-state index contributed by atoms with van der Waals surface area (Å²) in [4.78, 5) is 6.16. The van der Waals surface area contributed by atoms with Crippen LogP contribution in [0.15, 0.2) is 36.5 Å². The number of halogens is 1. The Morgan fingerprint density at radius 1 is 1.20 bits per heavy atom. The molecule has 0 atom stereocenters. The lowest BCUT2D eigenvalue weighted by Crippen LogP contribution is -2.11. The van der Waals surface area contributed by atoms with Crippen LogP contribution in [0.25, 0.3) is 11.0 Å². The summed E-state index contributed by atoms with van der Waals surface area (Å²) in [5.74, 6) is 0.514. The van der Waals surface area contributed by atoms with Gasteiger partial charge in [0.1, 0.15) is 5.82 Å². The third-order valence-corrected chi connectivity index (χ3v) is 3.12. The third-order valence-electron chi connectivity index (χ3n) is 3.12. The van der Waals surface area contributed by atoms with Gasteiger partial charge >= 0.3 is 0 Å². The van der Waals surface area contributed by atoms with E-state index in [4.69, 9.17) is 0 Å². The Morgan fingerprint density at radius 3 is 2.75 bits per heavy atom. The number of hydrogen-bond acceptors (Lipinski definition) is 4. The molecule has 0 aliphatic heterocycles. The molecule has 0 fully saturated rings. The van der Waals surface area contributed by atoms with Crippen molar-refractivity contribution in [3.63, 3.8) is 0 Å². The van der Waals surface area contributed by atoms with E-state index in [0.717, 1.165) is 11.3 Å². The number of hydrogen-bond donors (Lipinski definition) is 0. The van der Waals surface area contributed by atoms with E-state index >= 15 is 0 Å².